The first kappa shape index (κ1) is 87.7. The molecule has 6 rings (SSSR count). The van der Waals surface area contributed by atoms with E-state index in [1.807, 2.05) is 79.3 Å². The van der Waals surface area contributed by atoms with E-state index in [0.29, 0.717) is 88.0 Å². The zero-order chi connectivity index (χ0) is 75.8. The van der Waals surface area contributed by atoms with E-state index in [4.69, 9.17) is 60.7 Å². The highest BCUT2D eigenvalue weighted by Crippen LogP contribution is 2.42. The van der Waals surface area contributed by atoms with Crippen molar-refractivity contribution in [1.82, 2.24) is 20.4 Å². The molecule has 0 saturated carbocycles. The molecule has 6 heterocycles. The van der Waals surface area contributed by atoms with E-state index in [1.54, 1.807) is 41.9 Å². The maximum absolute atomic E-state index is 14.2. The van der Waals surface area contributed by atoms with Gasteiger partial charge in [-0.25, -0.2) is 0 Å². The SMILES string of the molecule is C#CCCN(C)[C@H]1C[C@@H](C)O[C@@H](O[C@@H]2[C@@H](C)C(=O)[C@@H](C)C(=O)O[C@H](CC)[C@@](C)(O)[C@H](O)[C@@H](C)C(=NC[C@@H]3CCCNC3)[C@H](C)C[C@@]2(C)OC)[C@@H]1O.C#CCCN(C)[C@H]1C[C@@H](C)O[C@@H](O[C@@H]2[C@@H](C)C(=O)[C@@H](C)C(=O)O[C@H](CC)[C@@](C)(O)[C@H](O)[C@@H](C)C(=NC[C@@H]3CCNC3)[C@H](C)C[C@@]2(C)OC)[C@@H]1O. The second kappa shape index (κ2) is 39.1. The zero-order valence-corrected chi connectivity index (χ0v) is 64.8. The average molecular weight is 1430 g/mol. The summed E-state index contributed by atoms with van der Waals surface area (Å²) in [5, 5.41) is 77.2. The molecule has 101 heavy (non-hydrogen) atoms. The van der Waals surface area contributed by atoms with Crippen molar-refractivity contribution >= 4 is 34.9 Å². The molecule has 24 heteroatoms. The topological polar surface area (TPSA) is 319 Å². The molecule has 0 aromatic carbocycles. The highest BCUT2D eigenvalue weighted by Gasteiger charge is 2.55. The van der Waals surface area contributed by atoms with Gasteiger partial charge in [0.15, 0.2) is 24.1 Å². The number of hydrogen-bond acceptors (Lipinski definition) is 24. The van der Waals surface area contributed by atoms with E-state index < -0.39 is 143 Å². The summed E-state index contributed by atoms with van der Waals surface area (Å²) < 4.78 is 50.0. The number of cyclic esters (lactones) is 2. The molecule has 0 aliphatic carbocycles. The van der Waals surface area contributed by atoms with Crippen LogP contribution in [-0.4, -0.2) is 264 Å². The molecular formula is C77H132N6O18. The number of nitrogens with one attached hydrogen (secondary N) is 2. The molecule has 0 aromatic heterocycles. The fraction of sp³-hybridized carbons (Fsp3) is 0.870. The van der Waals surface area contributed by atoms with Crippen molar-refractivity contribution in [3.05, 3.63) is 0 Å². The van der Waals surface area contributed by atoms with Gasteiger partial charge in [0.2, 0.25) is 0 Å². The smallest absolute Gasteiger partial charge is 0.316 e. The molecule has 0 unspecified atom stereocenters. The maximum Gasteiger partial charge on any atom is 0.316 e. The molecule has 0 radical (unpaired) electrons. The monoisotopic (exact) mass is 1430 g/mol. The van der Waals surface area contributed by atoms with Crippen LogP contribution in [0.5, 0.6) is 0 Å². The van der Waals surface area contributed by atoms with Crippen LogP contribution in [0.4, 0.5) is 0 Å². The van der Waals surface area contributed by atoms with Gasteiger partial charge >= 0.3 is 11.9 Å². The van der Waals surface area contributed by atoms with Gasteiger partial charge < -0.3 is 79.2 Å². The highest BCUT2D eigenvalue weighted by atomic mass is 16.7. The van der Waals surface area contributed by atoms with Crippen LogP contribution >= 0.6 is 0 Å². The minimum absolute atomic E-state index is 0.217. The molecule has 578 valence electrons. The Hall–Kier alpha value is -3.90. The first-order chi connectivity index (χ1) is 47.4. The number of ether oxygens (including phenoxy) is 8. The van der Waals surface area contributed by atoms with E-state index in [-0.39, 0.29) is 49.0 Å². The number of carbonyl (C=O) groups is 4. The van der Waals surface area contributed by atoms with Crippen LogP contribution in [0.2, 0.25) is 0 Å². The second-order valence-corrected chi connectivity index (χ2v) is 31.5. The number of piperidine rings is 1. The Bertz CT molecular complexity index is 2780. The van der Waals surface area contributed by atoms with Crippen LogP contribution in [0.25, 0.3) is 0 Å². The molecule has 0 amide bonds. The summed E-state index contributed by atoms with van der Waals surface area (Å²) in [6.45, 7) is 33.9. The van der Waals surface area contributed by atoms with Crippen molar-refractivity contribution in [1.29, 1.82) is 0 Å². The lowest BCUT2D eigenvalue weighted by molar-refractivity contribution is -0.296. The fourth-order valence-electron chi connectivity index (χ4n) is 16.6. The quantitative estimate of drug-likeness (QED) is 0.0471. The van der Waals surface area contributed by atoms with E-state index in [1.165, 1.54) is 27.7 Å². The fourth-order valence-corrected chi connectivity index (χ4v) is 16.6. The van der Waals surface area contributed by atoms with E-state index in [9.17, 15) is 49.8 Å². The van der Waals surface area contributed by atoms with E-state index in [2.05, 4.69) is 22.5 Å². The summed E-state index contributed by atoms with van der Waals surface area (Å²) in [5.41, 5.74) is -4.60. The molecule has 6 saturated heterocycles. The Kier molecular flexibility index (Phi) is 34.0. The van der Waals surface area contributed by atoms with Crippen molar-refractivity contribution in [3.8, 4) is 24.7 Å². The third-order valence-corrected chi connectivity index (χ3v) is 23.3. The summed E-state index contributed by atoms with van der Waals surface area (Å²) >= 11 is 0. The van der Waals surface area contributed by atoms with Crippen molar-refractivity contribution < 1.29 is 87.7 Å². The average Bonchev–Trinajstić information content (AvgIpc) is 0.984. The number of likely N-dealkylation sites (N-methyl/N-ethyl adjacent to an activating group) is 2. The van der Waals surface area contributed by atoms with Crippen LogP contribution in [0.1, 0.15) is 181 Å². The number of ketones is 2. The zero-order valence-electron chi connectivity index (χ0n) is 64.8. The van der Waals surface area contributed by atoms with Crippen LogP contribution in [0.15, 0.2) is 9.98 Å². The third kappa shape index (κ3) is 21.9. The van der Waals surface area contributed by atoms with Gasteiger partial charge in [-0.2, -0.15) is 0 Å². The minimum Gasteiger partial charge on any atom is -0.459 e. The van der Waals surface area contributed by atoms with Gasteiger partial charge in [-0.05, 0) is 177 Å². The van der Waals surface area contributed by atoms with Crippen LogP contribution in [0, 0.1) is 83.9 Å². The largest absolute Gasteiger partial charge is 0.459 e. The Morgan fingerprint density at radius 1 is 0.574 bits per heavy atom. The molecule has 8 N–H and O–H groups in total. The van der Waals surface area contributed by atoms with Crippen LogP contribution in [-0.2, 0) is 57.1 Å². The van der Waals surface area contributed by atoms with Crippen LogP contribution < -0.4 is 10.6 Å². The van der Waals surface area contributed by atoms with E-state index >= 15 is 0 Å². The Morgan fingerprint density at radius 3 is 1.27 bits per heavy atom. The van der Waals surface area contributed by atoms with Gasteiger partial charge in [0.25, 0.3) is 0 Å². The normalized spacial score (nSPS) is 43.2. The Balaban J connectivity index is 0.000000364. The predicted octanol–water partition coefficient (Wildman–Crippen LogP) is 5.59. The molecule has 28 atom stereocenters. The number of terminal acetylenes is 2. The van der Waals surface area contributed by atoms with Gasteiger partial charge in [-0.3, -0.25) is 39.0 Å². The van der Waals surface area contributed by atoms with Gasteiger partial charge in [0.1, 0.15) is 47.5 Å². The summed E-state index contributed by atoms with van der Waals surface area (Å²) in [5.74, 6) is -2.64. The highest BCUT2D eigenvalue weighted by molar-refractivity contribution is 6.01. The summed E-state index contributed by atoms with van der Waals surface area (Å²) in [6.07, 6.45) is 5.64. The predicted molar refractivity (Wildman–Crippen MR) is 388 cm³/mol. The van der Waals surface area contributed by atoms with Gasteiger partial charge in [-0.15, -0.1) is 24.7 Å². The number of rotatable bonds is 18. The molecule has 0 bridgehead atoms. The number of aliphatic hydroxyl groups excluding tert-OH is 4. The van der Waals surface area contributed by atoms with Crippen molar-refractivity contribution in [2.75, 3.05) is 80.7 Å². The number of methoxy groups -OCH3 is 2. The molecule has 24 nitrogen and oxygen atoms in total. The first-order valence-electron chi connectivity index (χ1n) is 37.5. The number of aliphatic imine (C=N–C) groups is 2. The number of Topliss-reactive ketones (excluding diaryl/α,β-unsaturated/α-hetero) is 2. The molecular weight excluding hydrogens is 1300 g/mol. The number of hydrogen-bond donors (Lipinski definition) is 8. The van der Waals surface area contributed by atoms with Crippen molar-refractivity contribution in [2.45, 2.75) is 290 Å². The maximum atomic E-state index is 14.2. The summed E-state index contributed by atoms with van der Waals surface area (Å²) in [6, 6.07) is -0.625. The second-order valence-electron chi connectivity index (χ2n) is 31.5. The Morgan fingerprint density at radius 2 is 0.941 bits per heavy atom. The molecule has 0 aromatic rings. The Labute approximate surface area is 604 Å². The minimum atomic E-state index is -1.83. The van der Waals surface area contributed by atoms with Gasteiger partial charge in [-0.1, -0.05) is 55.4 Å². The lowest BCUT2D eigenvalue weighted by Gasteiger charge is -2.47. The van der Waals surface area contributed by atoms with Crippen molar-refractivity contribution in [2.24, 2.45) is 69.2 Å². The number of esters is 2. The summed E-state index contributed by atoms with van der Waals surface area (Å²) in [4.78, 5) is 69.8. The first-order valence-corrected chi connectivity index (χ1v) is 37.5. The molecule has 6 fully saturated rings. The van der Waals surface area contributed by atoms with Gasteiger partial charge in [0.05, 0.1) is 47.8 Å². The summed E-state index contributed by atoms with van der Waals surface area (Å²) in [7, 11) is 6.91. The molecule has 6 aliphatic rings. The van der Waals surface area contributed by atoms with Gasteiger partial charge in [0, 0.05) is 100 Å². The van der Waals surface area contributed by atoms with Crippen molar-refractivity contribution in [3.63, 3.8) is 0 Å². The number of nitrogens with zero attached hydrogens (tertiary/aromatic N) is 4. The molecule has 6 aliphatic heterocycles. The lowest BCUT2D eigenvalue weighted by atomic mass is 9.73. The molecule has 0 spiro atoms. The standard InChI is InChI=1S/C39H67N3O9.C38H65N3O9/c1-12-14-18-42(10)29-19-24(4)49-37(33(29)44)51-35-26(6)32(43)27(7)36(46)50-30(13-2)39(9,47)34(45)25(5)31(23(3)20-38(35,8)48-11)41-22-28-16-15-17-40-21-28;1-12-14-17-41(10)28-18-23(4)48-36(32(28)43)50-34-25(6)31(42)26(7)35(45)49-29(13-2)38(9,46)33(44)24(5)30(22(3)19-37(34,8)47-11)40-21-27-15-16-39-20-27/h1,23-30,33-35,37,40,44-45,47H,13-22H2,2-11H3;1,22-29,32-34,36,39,43-44,46H,13-21H2,2-11H3/t23-,24-,25+,26+,27-,28-,29+,30-,33-,34-,35-,37+,38-,39-;22-,23-,24+,25+,26-,27-,28+,29-,32-,33-,34-,36+,37-,38-/m11/s1. The third-order valence-electron chi connectivity index (χ3n) is 23.3. The lowest BCUT2D eigenvalue weighted by Crippen LogP contribution is -2.60. The van der Waals surface area contributed by atoms with E-state index in [0.717, 1.165) is 45.4 Å². The number of aliphatic hydroxyl groups is 6. The van der Waals surface area contributed by atoms with Crippen LogP contribution in [0.3, 0.4) is 0 Å². The number of carbonyl (C=O) groups excluding carboxylic acids is 4.